The molecule has 0 spiro atoms. The van der Waals surface area contributed by atoms with E-state index in [-0.39, 0.29) is 28.5 Å². The lowest BCUT2D eigenvalue weighted by atomic mass is 9.96. The third-order valence-corrected chi connectivity index (χ3v) is 6.95. The molecule has 0 heterocycles. The van der Waals surface area contributed by atoms with Gasteiger partial charge >= 0.3 is 12.1 Å². The number of halogens is 3. The highest BCUT2D eigenvalue weighted by Gasteiger charge is 2.33. The smallest absolute Gasteiger partial charge is 0.416 e. The van der Waals surface area contributed by atoms with Crippen LogP contribution in [0, 0.1) is 0 Å². The van der Waals surface area contributed by atoms with Gasteiger partial charge in [0, 0.05) is 6.42 Å². The number of hydrogen-bond acceptors (Lipinski definition) is 5. The molecule has 2 aromatic rings. The van der Waals surface area contributed by atoms with Crippen LogP contribution in [0.2, 0.25) is 0 Å². The van der Waals surface area contributed by atoms with Crippen molar-refractivity contribution in [2.75, 3.05) is 10.8 Å². The Morgan fingerprint density at radius 1 is 1.15 bits per heavy atom. The quantitative estimate of drug-likeness (QED) is 0.421. The zero-order valence-electron chi connectivity index (χ0n) is 17.5. The summed E-state index contributed by atoms with van der Waals surface area (Å²) in [7, 11) is -4.36. The average molecular weight is 481 g/mol. The second-order valence-electron chi connectivity index (χ2n) is 7.51. The lowest BCUT2D eigenvalue weighted by molar-refractivity contribution is -0.137. The summed E-state index contributed by atoms with van der Waals surface area (Å²) in [5, 5.41) is 0. The molecule has 0 amide bonds. The normalized spacial score (nSPS) is 16.8. The van der Waals surface area contributed by atoms with Gasteiger partial charge in [0.25, 0.3) is 10.0 Å². The van der Waals surface area contributed by atoms with Gasteiger partial charge in [-0.25, -0.2) is 13.2 Å². The number of hydrogen-bond donors (Lipinski definition) is 0. The number of benzene rings is 2. The summed E-state index contributed by atoms with van der Waals surface area (Å²) in [6.45, 7) is 3.19. The monoisotopic (exact) mass is 481 g/mol. The highest BCUT2D eigenvalue weighted by atomic mass is 32.2. The largest absolute Gasteiger partial charge is 0.451 e. The average Bonchev–Trinajstić information content (AvgIpc) is 2.78. The van der Waals surface area contributed by atoms with Gasteiger partial charge in [0.2, 0.25) is 0 Å². The second-order valence-corrected chi connectivity index (χ2v) is 9.37. The number of sulfonamides is 1. The van der Waals surface area contributed by atoms with E-state index < -0.39 is 33.8 Å². The van der Waals surface area contributed by atoms with E-state index in [1.807, 2.05) is 0 Å². The van der Waals surface area contributed by atoms with E-state index in [4.69, 9.17) is 4.74 Å². The van der Waals surface area contributed by atoms with Crippen LogP contribution in [0.5, 0.6) is 0 Å². The molecule has 1 atom stereocenters. The van der Waals surface area contributed by atoms with Crippen molar-refractivity contribution < 1.29 is 35.9 Å². The number of alkyl halides is 3. The zero-order chi connectivity index (χ0) is 24.2. The molecule has 33 heavy (non-hydrogen) atoms. The second kappa shape index (κ2) is 9.78. The first kappa shape index (κ1) is 24.5. The number of ketones is 1. The van der Waals surface area contributed by atoms with Crippen molar-refractivity contribution in [1.82, 2.24) is 0 Å². The fourth-order valence-electron chi connectivity index (χ4n) is 3.48. The number of esters is 1. The Labute approximate surface area is 189 Å². The summed E-state index contributed by atoms with van der Waals surface area (Å²) >= 11 is 0. The Kier molecular flexibility index (Phi) is 7.26. The first-order valence-corrected chi connectivity index (χ1v) is 11.6. The maximum Gasteiger partial charge on any atom is 0.416 e. The summed E-state index contributed by atoms with van der Waals surface area (Å²) < 4.78 is 72.0. The van der Waals surface area contributed by atoms with Crippen LogP contribution in [-0.4, -0.2) is 32.8 Å². The summed E-state index contributed by atoms with van der Waals surface area (Å²) in [5.41, 5.74) is -1.29. The number of carbonyl (C=O) groups is 2. The maximum atomic E-state index is 13.3. The summed E-state index contributed by atoms with van der Waals surface area (Å²) in [5.74, 6) is -1.03. The zero-order valence-corrected chi connectivity index (χ0v) is 18.4. The Balaban J connectivity index is 1.93. The Morgan fingerprint density at radius 2 is 1.88 bits per heavy atom. The molecule has 0 N–H and O–H groups in total. The van der Waals surface area contributed by atoms with Gasteiger partial charge in [-0.1, -0.05) is 18.2 Å². The predicted octanol–water partition coefficient (Wildman–Crippen LogP) is 4.76. The van der Waals surface area contributed by atoms with Crippen molar-refractivity contribution in [3.05, 3.63) is 72.3 Å². The number of rotatable bonds is 7. The molecule has 0 bridgehead atoms. The third kappa shape index (κ3) is 5.62. The Bertz CT molecular complexity index is 1160. The molecule has 1 aliphatic rings. The number of ether oxygens (including phenoxy) is 1. The standard InChI is InChI=1S/C23H22F3NO5S/c1-2-13-27(18-9-6-8-17(15-18)23(24,25)26)33(30,31)19-10-5-7-16(14-19)22(29)32-21-12-4-3-11-20(21)28/h2,5-10,14-15,21H,1,3-4,11-13H2/t21-/m1/s1. The minimum Gasteiger partial charge on any atom is -0.451 e. The molecule has 1 fully saturated rings. The van der Waals surface area contributed by atoms with Crippen molar-refractivity contribution in [1.29, 1.82) is 0 Å². The lowest BCUT2D eigenvalue weighted by Crippen LogP contribution is -2.32. The SMILES string of the molecule is C=CCN(c1cccc(C(F)(F)F)c1)S(=O)(=O)c1cccc(C(=O)O[C@@H]2CCCCC2=O)c1. The summed E-state index contributed by atoms with van der Waals surface area (Å²) in [4.78, 5) is 24.2. The van der Waals surface area contributed by atoms with E-state index >= 15 is 0 Å². The first-order chi connectivity index (χ1) is 15.5. The van der Waals surface area contributed by atoms with Gasteiger partial charge in [0.1, 0.15) is 0 Å². The van der Waals surface area contributed by atoms with Crippen molar-refractivity contribution in [2.24, 2.45) is 0 Å². The van der Waals surface area contributed by atoms with Crippen LogP contribution in [0.15, 0.2) is 66.1 Å². The van der Waals surface area contributed by atoms with Crippen molar-refractivity contribution >= 4 is 27.5 Å². The minimum atomic E-state index is -4.65. The number of carbonyl (C=O) groups excluding carboxylic acids is 2. The van der Waals surface area contributed by atoms with E-state index in [0.717, 1.165) is 41.4 Å². The van der Waals surface area contributed by atoms with Crippen molar-refractivity contribution in [2.45, 2.75) is 42.9 Å². The molecule has 0 radical (unpaired) electrons. The minimum absolute atomic E-state index is 0.0861. The van der Waals surface area contributed by atoms with Crippen molar-refractivity contribution in [3.63, 3.8) is 0 Å². The van der Waals surface area contributed by atoms with E-state index in [1.165, 1.54) is 30.3 Å². The van der Waals surface area contributed by atoms with Gasteiger partial charge in [-0.05, 0) is 55.7 Å². The number of anilines is 1. The molecule has 0 aliphatic heterocycles. The lowest BCUT2D eigenvalue weighted by Gasteiger charge is -2.24. The fraction of sp³-hybridized carbons (Fsp3) is 0.304. The summed E-state index contributed by atoms with van der Waals surface area (Å²) in [6, 6.07) is 8.89. The maximum absolute atomic E-state index is 13.3. The van der Waals surface area contributed by atoms with E-state index in [1.54, 1.807) is 0 Å². The molecule has 1 saturated carbocycles. The molecule has 176 valence electrons. The van der Waals surface area contributed by atoms with Gasteiger partial charge in [-0.15, -0.1) is 6.58 Å². The first-order valence-electron chi connectivity index (χ1n) is 10.2. The van der Waals surface area contributed by atoms with Crippen LogP contribution < -0.4 is 4.31 Å². The molecular weight excluding hydrogens is 459 g/mol. The van der Waals surface area contributed by atoms with Crippen LogP contribution in [0.4, 0.5) is 18.9 Å². The summed E-state index contributed by atoms with van der Waals surface area (Å²) in [6.07, 6.45) is -2.08. The predicted molar refractivity (Wildman–Crippen MR) is 115 cm³/mol. The molecule has 1 aliphatic carbocycles. The van der Waals surface area contributed by atoms with Crippen LogP contribution in [0.3, 0.4) is 0 Å². The third-order valence-electron chi connectivity index (χ3n) is 5.16. The van der Waals surface area contributed by atoms with Crippen molar-refractivity contribution in [3.8, 4) is 0 Å². The Morgan fingerprint density at radius 3 is 2.55 bits per heavy atom. The highest BCUT2D eigenvalue weighted by molar-refractivity contribution is 7.92. The van der Waals surface area contributed by atoms with Gasteiger partial charge in [-0.3, -0.25) is 9.10 Å². The molecular formula is C23H22F3NO5S. The topological polar surface area (TPSA) is 80.8 Å². The highest BCUT2D eigenvalue weighted by Crippen LogP contribution is 2.33. The molecule has 10 heteroatoms. The van der Waals surface area contributed by atoms with Crippen LogP contribution >= 0.6 is 0 Å². The van der Waals surface area contributed by atoms with E-state index in [9.17, 15) is 31.2 Å². The van der Waals surface area contributed by atoms with Crippen LogP contribution in [0.25, 0.3) is 0 Å². The molecule has 0 unspecified atom stereocenters. The van der Waals surface area contributed by atoms with E-state index in [0.29, 0.717) is 12.8 Å². The molecule has 0 saturated heterocycles. The van der Waals surface area contributed by atoms with Gasteiger partial charge in [0.15, 0.2) is 11.9 Å². The molecule has 2 aromatic carbocycles. The van der Waals surface area contributed by atoms with Gasteiger partial charge in [0.05, 0.1) is 28.3 Å². The number of Topliss-reactive ketones (excluding diaryl/α,β-unsaturated/α-hetero) is 1. The Hall–Kier alpha value is -3.14. The van der Waals surface area contributed by atoms with Crippen LogP contribution in [0.1, 0.15) is 41.6 Å². The molecule has 0 aromatic heterocycles. The van der Waals surface area contributed by atoms with Crippen LogP contribution in [-0.2, 0) is 25.7 Å². The van der Waals surface area contributed by atoms with Gasteiger partial charge in [-0.2, -0.15) is 13.2 Å². The van der Waals surface area contributed by atoms with Gasteiger partial charge < -0.3 is 4.74 Å². The van der Waals surface area contributed by atoms with E-state index in [2.05, 4.69) is 6.58 Å². The number of nitrogens with zero attached hydrogens (tertiary/aromatic N) is 1. The molecule has 6 nitrogen and oxygen atoms in total. The fourth-order valence-corrected chi connectivity index (χ4v) is 4.95. The molecule has 3 rings (SSSR count).